The number of aromatic nitrogens is 1. The normalized spacial score (nSPS) is 11.9. The van der Waals surface area contributed by atoms with Gasteiger partial charge in [0.2, 0.25) is 0 Å². The van der Waals surface area contributed by atoms with Crippen LogP contribution in [0.5, 0.6) is 0 Å². The molecule has 0 unspecified atom stereocenters. The van der Waals surface area contributed by atoms with Gasteiger partial charge in [0, 0.05) is 17.3 Å². The molecule has 0 aliphatic rings. The summed E-state index contributed by atoms with van der Waals surface area (Å²) >= 11 is 0. The highest BCUT2D eigenvalue weighted by Crippen LogP contribution is 2.34. The van der Waals surface area contributed by atoms with Crippen molar-refractivity contribution in [3.05, 3.63) is 28.8 Å². The molecule has 1 aromatic rings. The number of rotatable bonds is 3. The zero-order valence-electron chi connectivity index (χ0n) is 8.43. The number of aliphatic carboxylic acids is 1. The van der Waals surface area contributed by atoms with Crippen LogP contribution < -0.4 is 0 Å². The van der Waals surface area contributed by atoms with Gasteiger partial charge in [0.05, 0.1) is 6.42 Å². The monoisotopic (exact) mass is 273 g/mol. The highest BCUT2D eigenvalue weighted by Gasteiger charge is 2.38. The van der Waals surface area contributed by atoms with Crippen molar-refractivity contribution in [2.24, 2.45) is 0 Å². The topological polar surface area (TPSA) is 50.2 Å². The fourth-order valence-electron chi connectivity index (χ4n) is 1.25. The van der Waals surface area contributed by atoms with Crippen LogP contribution in [-0.2, 0) is 17.4 Å². The molecule has 1 N–H and O–H groups in total. The summed E-state index contributed by atoms with van der Waals surface area (Å²) in [5, 5.41) is 8.38. The number of hydrogen-bond acceptors (Lipinski definition) is 2. The molecule has 0 fully saturated rings. The van der Waals surface area contributed by atoms with E-state index in [2.05, 4.69) is 4.98 Å². The van der Waals surface area contributed by atoms with Crippen LogP contribution in [0.25, 0.3) is 0 Å². The third-order valence-corrected chi connectivity index (χ3v) is 1.99. The average molecular weight is 273 g/mol. The van der Waals surface area contributed by atoms with E-state index in [1.165, 1.54) is 0 Å². The van der Waals surface area contributed by atoms with Crippen molar-refractivity contribution in [2.75, 3.05) is 0 Å². The Morgan fingerprint density at radius 3 is 2.33 bits per heavy atom. The summed E-state index contributed by atoms with van der Waals surface area (Å²) in [4.78, 5) is 12.9. The Bertz CT molecular complexity index is 471. The van der Waals surface area contributed by atoms with Crippen LogP contribution >= 0.6 is 0 Å². The average Bonchev–Trinajstić information content (AvgIpc) is 2.17. The maximum atomic E-state index is 13.4. The summed E-state index contributed by atoms with van der Waals surface area (Å²) in [6, 6.07) is 0. The van der Waals surface area contributed by atoms with Crippen molar-refractivity contribution in [3.63, 3.8) is 0 Å². The number of pyridine rings is 1. The van der Waals surface area contributed by atoms with Gasteiger partial charge in [0.15, 0.2) is 11.5 Å². The van der Waals surface area contributed by atoms with E-state index >= 15 is 0 Å². The first-order valence-electron chi connectivity index (χ1n) is 4.39. The summed E-state index contributed by atoms with van der Waals surface area (Å²) in [5.41, 5.74) is -4.38. The van der Waals surface area contributed by atoms with E-state index in [1.54, 1.807) is 0 Å². The lowest BCUT2D eigenvalue weighted by molar-refractivity contribution is -0.144. The predicted octanol–water partition coefficient (Wildman–Crippen LogP) is 2.80. The van der Waals surface area contributed by atoms with Gasteiger partial charge in [-0.2, -0.15) is 13.2 Å². The fourth-order valence-corrected chi connectivity index (χ4v) is 1.25. The van der Waals surface area contributed by atoms with E-state index in [0.717, 1.165) is 0 Å². The fraction of sp³-hybridized carbons (Fsp3) is 0.333. The first kappa shape index (κ1) is 14.3. The zero-order chi connectivity index (χ0) is 14.1. The highest BCUT2D eigenvalue weighted by molar-refractivity contribution is 5.71. The second-order valence-electron chi connectivity index (χ2n) is 3.22. The third kappa shape index (κ3) is 2.90. The van der Waals surface area contributed by atoms with Gasteiger partial charge in [-0.3, -0.25) is 4.79 Å². The number of carbonyl (C=O) groups is 1. The largest absolute Gasteiger partial charge is 0.481 e. The minimum Gasteiger partial charge on any atom is -0.481 e. The number of carboxylic acids is 1. The number of alkyl halides is 5. The van der Waals surface area contributed by atoms with Crippen molar-refractivity contribution in [1.82, 2.24) is 4.98 Å². The van der Waals surface area contributed by atoms with Gasteiger partial charge in [-0.1, -0.05) is 0 Å². The minimum atomic E-state index is -5.18. The van der Waals surface area contributed by atoms with Crippen molar-refractivity contribution >= 4 is 5.97 Å². The van der Waals surface area contributed by atoms with Crippen LogP contribution in [0.4, 0.5) is 26.3 Å². The maximum Gasteiger partial charge on any atom is 0.436 e. The molecule has 1 rings (SSSR count). The van der Waals surface area contributed by atoms with Gasteiger partial charge >= 0.3 is 12.1 Å². The quantitative estimate of drug-likeness (QED) is 0.861. The van der Waals surface area contributed by atoms with Crippen LogP contribution in [0.1, 0.15) is 23.2 Å². The van der Waals surface area contributed by atoms with Crippen LogP contribution in [0.2, 0.25) is 0 Å². The third-order valence-electron chi connectivity index (χ3n) is 1.99. The number of hydrogen-bond donors (Lipinski definition) is 1. The number of nitrogens with zero attached hydrogens (tertiary/aromatic N) is 1. The van der Waals surface area contributed by atoms with E-state index < -0.39 is 47.6 Å². The molecular formula is C9H5F6NO2. The first-order valence-corrected chi connectivity index (χ1v) is 4.39. The Kier molecular flexibility index (Phi) is 3.82. The van der Waals surface area contributed by atoms with E-state index in [-0.39, 0.29) is 6.20 Å². The Balaban J connectivity index is 3.44. The molecule has 0 saturated carbocycles. The van der Waals surface area contributed by atoms with Gasteiger partial charge in [-0.25, -0.2) is 18.2 Å². The molecule has 100 valence electrons. The Hall–Kier alpha value is -1.80. The standard InChI is InChI=1S/C9H5F6NO2/c10-6-3(1-5(17)18)4(8(11)12)2-16-7(6)9(13,14)15/h2,8H,1H2,(H,17,18). The molecule has 1 heterocycles. The van der Waals surface area contributed by atoms with Crippen molar-refractivity contribution < 1.29 is 36.2 Å². The van der Waals surface area contributed by atoms with Crippen molar-refractivity contribution in [1.29, 1.82) is 0 Å². The first-order chi connectivity index (χ1) is 8.14. The van der Waals surface area contributed by atoms with Crippen LogP contribution in [-0.4, -0.2) is 16.1 Å². The molecule has 0 aliphatic carbocycles. The predicted molar refractivity (Wildman–Crippen MR) is 45.5 cm³/mol. The molecule has 0 saturated heterocycles. The minimum absolute atomic E-state index is 0.134. The molecule has 9 heteroatoms. The number of carboxylic acid groups (broad SMARTS) is 1. The second kappa shape index (κ2) is 4.83. The van der Waals surface area contributed by atoms with Gasteiger partial charge in [-0.15, -0.1) is 0 Å². The molecular weight excluding hydrogens is 268 g/mol. The Labute approximate surface area is 96.1 Å². The molecule has 3 nitrogen and oxygen atoms in total. The lowest BCUT2D eigenvalue weighted by Crippen LogP contribution is -2.16. The zero-order valence-corrected chi connectivity index (χ0v) is 8.43. The van der Waals surface area contributed by atoms with E-state index in [4.69, 9.17) is 5.11 Å². The molecule has 0 aromatic carbocycles. The lowest BCUT2D eigenvalue weighted by atomic mass is 10.0. The van der Waals surface area contributed by atoms with Crippen LogP contribution in [0, 0.1) is 5.82 Å². The molecule has 0 bridgehead atoms. The molecule has 0 spiro atoms. The van der Waals surface area contributed by atoms with E-state index in [9.17, 15) is 31.1 Å². The summed E-state index contributed by atoms with van der Waals surface area (Å²) < 4.78 is 75.0. The Morgan fingerprint density at radius 1 is 1.39 bits per heavy atom. The molecule has 1 aromatic heterocycles. The van der Waals surface area contributed by atoms with Crippen LogP contribution in [0.15, 0.2) is 6.20 Å². The summed E-state index contributed by atoms with van der Waals surface area (Å²) in [7, 11) is 0. The lowest BCUT2D eigenvalue weighted by Gasteiger charge is -2.13. The van der Waals surface area contributed by atoms with Gasteiger partial charge in [-0.05, 0) is 0 Å². The summed E-state index contributed by atoms with van der Waals surface area (Å²) in [6.07, 6.45) is -9.65. The molecule has 0 atom stereocenters. The number of halogens is 6. The maximum absolute atomic E-state index is 13.4. The van der Waals surface area contributed by atoms with Crippen molar-refractivity contribution in [3.8, 4) is 0 Å². The van der Waals surface area contributed by atoms with Crippen LogP contribution in [0.3, 0.4) is 0 Å². The Morgan fingerprint density at radius 2 is 1.94 bits per heavy atom. The summed E-state index contributed by atoms with van der Waals surface area (Å²) in [5.74, 6) is -3.81. The van der Waals surface area contributed by atoms with Gasteiger partial charge in [0.25, 0.3) is 6.43 Å². The van der Waals surface area contributed by atoms with Gasteiger partial charge in [0.1, 0.15) is 0 Å². The molecule has 0 amide bonds. The molecule has 0 aliphatic heterocycles. The van der Waals surface area contributed by atoms with E-state index in [0.29, 0.717) is 0 Å². The smallest absolute Gasteiger partial charge is 0.436 e. The highest BCUT2D eigenvalue weighted by atomic mass is 19.4. The van der Waals surface area contributed by atoms with E-state index in [1.807, 2.05) is 0 Å². The van der Waals surface area contributed by atoms with Gasteiger partial charge < -0.3 is 5.11 Å². The summed E-state index contributed by atoms with van der Waals surface area (Å²) in [6.45, 7) is 0. The second-order valence-corrected chi connectivity index (χ2v) is 3.22. The SMILES string of the molecule is O=C(O)Cc1c(C(F)F)cnc(C(F)(F)F)c1F. The molecule has 0 radical (unpaired) electrons. The van der Waals surface area contributed by atoms with Crippen molar-refractivity contribution in [2.45, 2.75) is 19.0 Å². The molecule has 18 heavy (non-hydrogen) atoms.